The van der Waals surface area contributed by atoms with Crippen LogP contribution in [0.2, 0.25) is 0 Å². The van der Waals surface area contributed by atoms with E-state index in [4.69, 9.17) is 4.74 Å². The van der Waals surface area contributed by atoms with Crippen LogP contribution in [0.4, 0.5) is 0 Å². The Bertz CT molecular complexity index is 783. The number of carbonyl (C=O) groups is 2. The van der Waals surface area contributed by atoms with Crippen LogP contribution in [0.3, 0.4) is 0 Å². The Hall–Kier alpha value is -2.81. The van der Waals surface area contributed by atoms with Crippen molar-refractivity contribution in [2.75, 3.05) is 66.5 Å². The summed E-state index contributed by atoms with van der Waals surface area (Å²) < 4.78 is 5.12. The maximum atomic E-state index is 12.7. The third-order valence-electron chi connectivity index (χ3n) is 6.19. The molecule has 1 unspecified atom stereocenters. The fourth-order valence-electron chi connectivity index (χ4n) is 4.21. The molecular formula is C23H36N6O3. The number of carbonyl (C=O) groups excluding carboxylic acids is 2. The molecule has 0 spiro atoms. The average Bonchev–Trinajstić information content (AvgIpc) is 3.38. The Morgan fingerprint density at radius 1 is 0.969 bits per heavy atom. The van der Waals surface area contributed by atoms with Crippen molar-refractivity contribution in [1.82, 2.24) is 25.3 Å². The van der Waals surface area contributed by atoms with E-state index in [9.17, 15) is 9.59 Å². The van der Waals surface area contributed by atoms with Crippen LogP contribution in [0, 0.1) is 0 Å². The number of hydrogen-bond donors (Lipinski definition) is 2. The molecule has 2 amide bonds. The number of aliphatic imine (C=N–C) groups is 1. The molecule has 0 aromatic heterocycles. The van der Waals surface area contributed by atoms with Crippen molar-refractivity contribution in [2.24, 2.45) is 4.99 Å². The molecule has 1 aromatic carbocycles. The Balaban J connectivity index is 1.38. The van der Waals surface area contributed by atoms with Gasteiger partial charge in [0.15, 0.2) is 5.96 Å². The Kier molecular flexibility index (Phi) is 8.72. The highest BCUT2D eigenvalue weighted by Crippen LogP contribution is 2.14. The molecule has 0 aliphatic carbocycles. The molecule has 2 aliphatic heterocycles. The SMILES string of the molecule is CN=C(NCCNC(=O)c1ccc(OC)cc1)N1CCN(C(C)C(=O)N2CCCC2)CC1. The molecular weight excluding hydrogens is 408 g/mol. The summed E-state index contributed by atoms with van der Waals surface area (Å²) >= 11 is 0. The zero-order valence-corrected chi connectivity index (χ0v) is 19.5. The van der Waals surface area contributed by atoms with Crippen molar-refractivity contribution in [1.29, 1.82) is 0 Å². The van der Waals surface area contributed by atoms with Gasteiger partial charge in [-0.1, -0.05) is 0 Å². The van der Waals surface area contributed by atoms with Crippen LogP contribution < -0.4 is 15.4 Å². The summed E-state index contributed by atoms with van der Waals surface area (Å²) in [5.74, 6) is 1.68. The lowest BCUT2D eigenvalue weighted by atomic mass is 10.2. The maximum absolute atomic E-state index is 12.7. The lowest BCUT2D eigenvalue weighted by molar-refractivity contribution is -0.135. The van der Waals surface area contributed by atoms with Crippen LogP contribution >= 0.6 is 0 Å². The first-order valence-corrected chi connectivity index (χ1v) is 11.4. The lowest BCUT2D eigenvalue weighted by Gasteiger charge is -2.39. The fourth-order valence-corrected chi connectivity index (χ4v) is 4.21. The molecule has 3 rings (SSSR count). The first kappa shape index (κ1) is 23.8. The summed E-state index contributed by atoms with van der Waals surface area (Å²) in [5.41, 5.74) is 0.601. The zero-order valence-electron chi connectivity index (χ0n) is 19.5. The number of piperazine rings is 1. The van der Waals surface area contributed by atoms with E-state index in [1.54, 1.807) is 38.4 Å². The fraction of sp³-hybridized carbons (Fsp3) is 0.609. The number of hydrogen-bond acceptors (Lipinski definition) is 5. The molecule has 9 nitrogen and oxygen atoms in total. The van der Waals surface area contributed by atoms with E-state index in [-0.39, 0.29) is 17.9 Å². The van der Waals surface area contributed by atoms with Crippen LogP contribution in [-0.4, -0.2) is 105 Å². The molecule has 0 bridgehead atoms. The molecule has 9 heteroatoms. The highest BCUT2D eigenvalue weighted by Gasteiger charge is 2.30. The van der Waals surface area contributed by atoms with Gasteiger partial charge in [0.25, 0.3) is 5.91 Å². The van der Waals surface area contributed by atoms with E-state index < -0.39 is 0 Å². The van der Waals surface area contributed by atoms with Crippen LogP contribution in [0.1, 0.15) is 30.1 Å². The number of benzene rings is 1. The Morgan fingerprint density at radius 3 is 2.19 bits per heavy atom. The number of ether oxygens (including phenoxy) is 1. The molecule has 2 N–H and O–H groups in total. The number of methoxy groups -OCH3 is 1. The second-order valence-corrected chi connectivity index (χ2v) is 8.19. The van der Waals surface area contributed by atoms with Gasteiger partial charge < -0.3 is 25.2 Å². The van der Waals surface area contributed by atoms with E-state index in [0.717, 1.165) is 63.8 Å². The third kappa shape index (κ3) is 6.12. The number of rotatable bonds is 7. The molecule has 2 aliphatic rings. The van der Waals surface area contributed by atoms with Crippen molar-refractivity contribution < 1.29 is 14.3 Å². The molecule has 0 radical (unpaired) electrons. The van der Waals surface area contributed by atoms with Gasteiger partial charge in [0.2, 0.25) is 5.91 Å². The first-order valence-electron chi connectivity index (χ1n) is 11.4. The minimum absolute atomic E-state index is 0.0709. The predicted molar refractivity (Wildman–Crippen MR) is 125 cm³/mol. The molecule has 1 atom stereocenters. The second kappa shape index (κ2) is 11.7. The van der Waals surface area contributed by atoms with Crippen molar-refractivity contribution in [3.05, 3.63) is 29.8 Å². The molecule has 0 saturated carbocycles. The molecule has 2 heterocycles. The largest absolute Gasteiger partial charge is 0.497 e. The smallest absolute Gasteiger partial charge is 0.251 e. The van der Waals surface area contributed by atoms with Crippen molar-refractivity contribution in [3.63, 3.8) is 0 Å². The Labute approximate surface area is 190 Å². The van der Waals surface area contributed by atoms with Gasteiger partial charge in [0, 0.05) is 65.0 Å². The number of guanidine groups is 1. The van der Waals surface area contributed by atoms with Gasteiger partial charge >= 0.3 is 0 Å². The summed E-state index contributed by atoms with van der Waals surface area (Å²) in [6.45, 7) is 8.18. The van der Waals surface area contributed by atoms with E-state index in [1.807, 2.05) is 11.8 Å². The van der Waals surface area contributed by atoms with E-state index in [0.29, 0.717) is 18.7 Å². The van der Waals surface area contributed by atoms with Gasteiger partial charge in [-0.3, -0.25) is 19.5 Å². The summed E-state index contributed by atoms with van der Waals surface area (Å²) in [6, 6.07) is 6.96. The first-order chi connectivity index (χ1) is 15.5. The van der Waals surface area contributed by atoms with Crippen LogP contribution in [-0.2, 0) is 4.79 Å². The van der Waals surface area contributed by atoms with Gasteiger partial charge in [0.1, 0.15) is 5.75 Å². The van der Waals surface area contributed by atoms with Crippen LogP contribution in [0.5, 0.6) is 5.75 Å². The topological polar surface area (TPSA) is 89.5 Å². The van der Waals surface area contributed by atoms with Crippen molar-refractivity contribution in [2.45, 2.75) is 25.8 Å². The summed E-state index contributed by atoms with van der Waals surface area (Å²) in [5, 5.41) is 6.24. The van der Waals surface area contributed by atoms with Gasteiger partial charge in [0.05, 0.1) is 13.2 Å². The zero-order chi connectivity index (χ0) is 22.9. The minimum Gasteiger partial charge on any atom is -0.497 e. The minimum atomic E-state index is -0.116. The highest BCUT2D eigenvalue weighted by atomic mass is 16.5. The molecule has 2 fully saturated rings. The normalized spacial score (nSPS) is 18.4. The summed E-state index contributed by atoms with van der Waals surface area (Å²) in [6.07, 6.45) is 2.24. The quantitative estimate of drug-likeness (QED) is 0.364. The van der Waals surface area contributed by atoms with Gasteiger partial charge in [-0.2, -0.15) is 0 Å². The second-order valence-electron chi connectivity index (χ2n) is 8.19. The highest BCUT2D eigenvalue weighted by molar-refractivity contribution is 5.94. The van der Waals surface area contributed by atoms with E-state index >= 15 is 0 Å². The van der Waals surface area contributed by atoms with Gasteiger partial charge in [-0.25, -0.2) is 0 Å². The summed E-state index contributed by atoms with van der Waals surface area (Å²) in [4.78, 5) is 35.8. The van der Waals surface area contributed by atoms with Gasteiger partial charge in [-0.05, 0) is 44.0 Å². The lowest BCUT2D eigenvalue weighted by Crippen LogP contribution is -2.57. The van der Waals surface area contributed by atoms with E-state index in [1.165, 1.54) is 0 Å². The Morgan fingerprint density at radius 2 is 1.59 bits per heavy atom. The van der Waals surface area contributed by atoms with E-state index in [2.05, 4.69) is 25.4 Å². The standard InChI is InChI=1S/C23H36N6O3/c1-18(22(31)28-12-4-5-13-28)27-14-16-29(17-15-27)23(24-2)26-11-10-25-21(30)19-6-8-20(32-3)9-7-19/h6-9,18H,4-5,10-17H2,1-3H3,(H,24,26)(H,25,30). The maximum Gasteiger partial charge on any atom is 0.251 e. The van der Waals surface area contributed by atoms with Crippen LogP contribution in [0.25, 0.3) is 0 Å². The van der Waals surface area contributed by atoms with Crippen molar-refractivity contribution >= 4 is 17.8 Å². The number of likely N-dealkylation sites (tertiary alicyclic amines) is 1. The molecule has 1 aromatic rings. The number of nitrogens with zero attached hydrogens (tertiary/aromatic N) is 4. The number of amides is 2. The average molecular weight is 445 g/mol. The van der Waals surface area contributed by atoms with Gasteiger partial charge in [-0.15, -0.1) is 0 Å². The number of nitrogens with one attached hydrogen (secondary N) is 2. The summed E-state index contributed by atoms with van der Waals surface area (Å²) in [7, 11) is 3.37. The van der Waals surface area contributed by atoms with Crippen molar-refractivity contribution in [3.8, 4) is 5.75 Å². The predicted octanol–water partition coefficient (Wildman–Crippen LogP) is 0.629. The monoisotopic (exact) mass is 444 g/mol. The van der Waals surface area contributed by atoms with Crippen LogP contribution in [0.15, 0.2) is 29.3 Å². The molecule has 32 heavy (non-hydrogen) atoms. The molecule has 176 valence electrons. The third-order valence-corrected chi connectivity index (χ3v) is 6.19. The molecule has 2 saturated heterocycles.